The largest absolute Gasteiger partial charge is 0.489 e. The van der Waals surface area contributed by atoms with E-state index in [9.17, 15) is 4.79 Å². The summed E-state index contributed by atoms with van der Waals surface area (Å²) < 4.78 is 5.82. The van der Waals surface area contributed by atoms with Gasteiger partial charge >= 0.3 is 5.97 Å². The smallest absolute Gasteiger partial charge is 0.335 e. The summed E-state index contributed by atoms with van der Waals surface area (Å²) in [7, 11) is 0. The zero-order valence-corrected chi connectivity index (χ0v) is 14.9. The lowest BCUT2D eigenvalue weighted by Crippen LogP contribution is -2.11. The highest BCUT2D eigenvalue weighted by Gasteiger charge is 2.09. The summed E-state index contributed by atoms with van der Waals surface area (Å²) in [5.41, 5.74) is 9.52. The van der Waals surface area contributed by atoms with Gasteiger partial charge in [0.05, 0.1) is 11.6 Å². The third-order valence-corrected chi connectivity index (χ3v) is 3.98. The predicted octanol–water partition coefficient (Wildman–Crippen LogP) is 4.43. The van der Waals surface area contributed by atoms with Gasteiger partial charge < -0.3 is 15.6 Å². The molecule has 0 aliphatic rings. The highest BCUT2D eigenvalue weighted by molar-refractivity contribution is 5.87. The summed E-state index contributed by atoms with van der Waals surface area (Å²) in [4.78, 5) is 10.9. The molecule has 0 aromatic heterocycles. The summed E-state index contributed by atoms with van der Waals surface area (Å²) in [6.07, 6.45) is 0. The highest BCUT2D eigenvalue weighted by Crippen LogP contribution is 2.23. The molecule has 4 nitrogen and oxygen atoms in total. The van der Waals surface area contributed by atoms with Crippen molar-refractivity contribution in [3.63, 3.8) is 0 Å². The molecule has 0 aliphatic carbocycles. The summed E-state index contributed by atoms with van der Waals surface area (Å²) >= 11 is 0. The Morgan fingerprint density at radius 2 is 1.58 bits per heavy atom. The number of hydrogen-bond donors (Lipinski definition) is 2. The topological polar surface area (TPSA) is 72.5 Å². The Hall–Kier alpha value is -2.82. The number of nitrogens with two attached hydrogens (primary N) is 1. The van der Waals surface area contributed by atoms with Crippen LogP contribution < -0.4 is 10.5 Å². The Labute approximate surface area is 158 Å². The normalized spacial score (nSPS) is 11.3. The second-order valence-electron chi connectivity index (χ2n) is 5.75. The molecular weight excluding hydrogens is 350 g/mol. The summed E-state index contributed by atoms with van der Waals surface area (Å²) in [5, 5.41) is 8.92. The van der Waals surface area contributed by atoms with Crippen LogP contribution in [0.25, 0.3) is 0 Å². The van der Waals surface area contributed by atoms with Crippen molar-refractivity contribution in [2.75, 3.05) is 0 Å². The molecule has 26 heavy (non-hydrogen) atoms. The molecule has 3 aromatic rings. The number of carbonyl (C=O) groups is 1. The molecule has 5 heteroatoms. The van der Waals surface area contributed by atoms with E-state index in [4.69, 9.17) is 15.6 Å². The van der Waals surface area contributed by atoms with E-state index in [1.54, 1.807) is 24.3 Å². The molecule has 0 saturated heterocycles. The van der Waals surface area contributed by atoms with E-state index in [1.807, 2.05) is 54.6 Å². The third kappa shape index (κ3) is 4.85. The van der Waals surface area contributed by atoms with Crippen LogP contribution in [0.2, 0.25) is 0 Å². The predicted molar refractivity (Wildman–Crippen MR) is 104 cm³/mol. The van der Waals surface area contributed by atoms with Crippen LogP contribution in [-0.4, -0.2) is 11.1 Å². The number of carboxylic acids is 1. The molecule has 0 heterocycles. The first kappa shape index (κ1) is 19.5. The van der Waals surface area contributed by atoms with Crippen molar-refractivity contribution in [1.82, 2.24) is 0 Å². The molecule has 0 fully saturated rings. The van der Waals surface area contributed by atoms with E-state index >= 15 is 0 Å². The van der Waals surface area contributed by atoms with Crippen LogP contribution in [0.3, 0.4) is 0 Å². The third-order valence-electron chi connectivity index (χ3n) is 3.98. The molecule has 0 bridgehead atoms. The van der Waals surface area contributed by atoms with Crippen LogP contribution in [0.1, 0.15) is 33.1 Å². The first-order chi connectivity index (χ1) is 12.1. The average molecular weight is 370 g/mol. The van der Waals surface area contributed by atoms with Gasteiger partial charge in [-0.3, -0.25) is 0 Å². The fourth-order valence-corrected chi connectivity index (χ4v) is 2.56. The fourth-order valence-electron chi connectivity index (χ4n) is 2.56. The lowest BCUT2D eigenvalue weighted by molar-refractivity contribution is 0.0697. The number of halogens is 1. The first-order valence-electron chi connectivity index (χ1n) is 7.99. The van der Waals surface area contributed by atoms with Gasteiger partial charge in [0, 0.05) is 0 Å². The van der Waals surface area contributed by atoms with Crippen LogP contribution >= 0.6 is 12.4 Å². The van der Waals surface area contributed by atoms with Crippen molar-refractivity contribution in [2.45, 2.75) is 12.6 Å². The molecule has 0 amide bonds. The van der Waals surface area contributed by atoms with E-state index in [2.05, 4.69) is 0 Å². The first-order valence-corrected chi connectivity index (χ1v) is 7.99. The molecule has 0 spiro atoms. The van der Waals surface area contributed by atoms with Crippen molar-refractivity contribution >= 4 is 18.4 Å². The van der Waals surface area contributed by atoms with Crippen LogP contribution in [-0.2, 0) is 6.61 Å². The Kier molecular flexibility index (Phi) is 6.78. The van der Waals surface area contributed by atoms with Crippen molar-refractivity contribution in [2.24, 2.45) is 5.73 Å². The summed E-state index contributed by atoms with van der Waals surface area (Å²) in [6.45, 7) is 0.365. The summed E-state index contributed by atoms with van der Waals surface area (Å²) in [6, 6.07) is 24.1. The Morgan fingerprint density at radius 1 is 0.923 bits per heavy atom. The maximum absolute atomic E-state index is 10.9. The zero-order chi connectivity index (χ0) is 17.6. The van der Waals surface area contributed by atoms with Gasteiger partial charge in [-0.05, 0) is 41.0 Å². The molecule has 0 radical (unpaired) electrons. The minimum absolute atomic E-state index is 0. The molecular formula is C21H20ClNO3. The van der Waals surface area contributed by atoms with Crippen LogP contribution in [0.5, 0.6) is 5.75 Å². The lowest BCUT2D eigenvalue weighted by atomic mass is 10.00. The van der Waals surface area contributed by atoms with E-state index in [-0.39, 0.29) is 24.0 Å². The Morgan fingerprint density at radius 3 is 2.23 bits per heavy atom. The maximum Gasteiger partial charge on any atom is 0.335 e. The van der Waals surface area contributed by atoms with Gasteiger partial charge in [0.25, 0.3) is 0 Å². The molecule has 3 rings (SSSR count). The minimum atomic E-state index is -0.935. The molecule has 134 valence electrons. The van der Waals surface area contributed by atoms with Gasteiger partial charge in [0.1, 0.15) is 12.4 Å². The molecule has 1 atom stereocenters. The van der Waals surface area contributed by atoms with E-state index in [1.165, 1.54) is 0 Å². The SMILES string of the molecule is Cl.NC(c1ccccc1)c1cccc(OCc2ccc(C(=O)O)cc2)c1. The number of rotatable bonds is 6. The fraction of sp³-hybridized carbons (Fsp3) is 0.0952. The second-order valence-corrected chi connectivity index (χ2v) is 5.75. The second kappa shape index (κ2) is 9.04. The van der Waals surface area contributed by atoms with Gasteiger partial charge in [-0.15, -0.1) is 12.4 Å². The number of carboxylic acid groups (broad SMARTS) is 1. The van der Waals surface area contributed by atoms with Crippen molar-refractivity contribution in [1.29, 1.82) is 0 Å². The van der Waals surface area contributed by atoms with E-state index in [0.29, 0.717) is 6.61 Å². The Balaban J connectivity index is 0.00000243. The van der Waals surface area contributed by atoms with Gasteiger partial charge in [-0.2, -0.15) is 0 Å². The molecule has 1 unspecified atom stereocenters. The summed E-state index contributed by atoms with van der Waals surface area (Å²) in [5.74, 6) is -0.207. The number of benzene rings is 3. The molecule has 3 aromatic carbocycles. The number of aromatic carboxylic acids is 1. The quantitative estimate of drug-likeness (QED) is 0.674. The van der Waals surface area contributed by atoms with Crippen LogP contribution in [0.15, 0.2) is 78.9 Å². The molecule has 0 saturated carbocycles. The van der Waals surface area contributed by atoms with Gasteiger partial charge in [0.2, 0.25) is 0 Å². The van der Waals surface area contributed by atoms with Crippen molar-refractivity contribution in [3.05, 3.63) is 101 Å². The van der Waals surface area contributed by atoms with E-state index < -0.39 is 5.97 Å². The lowest BCUT2D eigenvalue weighted by Gasteiger charge is -2.14. The van der Waals surface area contributed by atoms with Crippen molar-refractivity contribution in [3.8, 4) is 5.75 Å². The number of ether oxygens (including phenoxy) is 1. The van der Waals surface area contributed by atoms with Crippen LogP contribution in [0, 0.1) is 0 Å². The van der Waals surface area contributed by atoms with E-state index in [0.717, 1.165) is 22.4 Å². The zero-order valence-electron chi connectivity index (χ0n) is 14.0. The highest BCUT2D eigenvalue weighted by atomic mass is 35.5. The Bertz CT molecular complexity index is 851. The standard InChI is InChI=1S/C21H19NO3.ClH/c22-20(16-5-2-1-3-6-16)18-7-4-8-19(13-18)25-14-15-9-11-17(12-10-15)21(23)24;/h1-13,20H,14,22H2,(H,23,24);1H. The van der Waals surface area contributed by atoms with Gasteiger partial charge in [0.15, 0.2) is 0 Å². The van der Waals surface area contributed by atoms with Gasteiger partial charge in [-0.25, -0.2) is 4.79 Å². The molecule has 0 aliphatic heterocycles. The minimum Gasteiger partial charge on any atom is -0.489 e. The van der Waals surface area contributed by atoms with Crippen LogP contribution in [0.4, 0.5) is 0 Å². The van der Waals surface area contributed by atoms with Gasteiger partial charge in [-0.1, -0.05) is 54.6 Å². The van der Waals surface area contributed by atoms with Crippen molar-refractivity contribution < 1.29 is 14.6 Å². The monoisotopic (exact) mass is 369 g/mol. The maximum atomic E-state index is 10.9. The average Bonchev–Trinajstić information content (AvgIpc) is 2.67. The number of hydrogen-bond acceptors (Lipinski definition) is 3. The molecule has 3 N–H and O–H groups in total.